The molecule has 4 heteroatoms. The number of nitrogens with one attached hydrogen (secondary N) is 1. The van der Waals surface area contributed by atoms with E-state index in [1.807, 2.05) is 19.2 Å². The largest absolute Gasteiger partial charge is 0.480 e. The molecule has 0 aliphatic heterocycles. The van der Waals surface area contributed by atoms with Gasteiger partial charge >= 0.3 is 5.97 Å². The third-order valence-electron chi connectivity index (χ3n) is 1.58. The summed E-state index contributed by atoms with van der Waals surface area (Å²) in [6.45, 7) is 3.92. The molecule has 0 amide bonds. The van der Waals surface area contributed by atoms with Crippen LogP contribution in [0.5, 0.6) is 0 Å². The Morgan fingerprint density at radius 3 is 2.75 bits per heavy atom. The van der Waals surface area contributed by atoms with Crippen molar-refractivity contribution < 1.29 is 9.90 Å². The highest BCUT2D eigenvalue weighted by atomic mass is 32.1. The quantitative estimate of drug-likeness (QED) is 0.755. The van der Waals surface area contributed by atoms with Crippen LogP contribution in [0.15, 0.2) is 5.38 Å². The molecule has 0 atom stereocenters. The summed E-state index contributed by atoms with van der Waals surface area (Å²) in [7, 11) is 0. The second kappa shape index (κ2) is 3.58. The van der Waals surface area contributed by atoms with Gasteiger partial charge in [0.2, 0.25) is 0 Å². The Bertz CT molecular complexity index is 274. The second-order valence-corrected chi connectivity index (χ2v) is 3.68. The van der Waals surface area contributed by atoms with Crippen molar-refractivity contribution >= 4 is 23.0 Å². The van der Waals surface area contributed by atoms with Crippen molar-refractivity contribution in [3.63, 3.8) is 0 Å². The average molecular weight is 185 g/mol. The van der Waals surface area contributed by atoms with Gasteiger partial charge in [-0.15, -0.1) is 11.3 Å². The number of anilines is 1. The van der Waals surface area contributed by atoms with Crippen LogP contribution in [0.2, 0.25) is 0 Å². The predicted octanol–water partition coefficient (Wildman–Crippen LogP) is 1.86. The number of carboxylic acid groups (broad SMARTS) is 1. The normalized spacial score (nSPS) is 9.83. The molecule has 1 aromatic rings. The fourth-order valence-corrected chi connectivity index (χ4v) is 1.82. The molecular weight excluding hydrogens is 174 g/mol. The standard InChI is InChI=1S/C8H11NO2S/c1-5-4-12-6(2)8(5)9-3-7(10)11/h4,9H,3H2,1-2H3,(H,10,11). The lowest BCUT2D eigenvalue weighted by Crippen LogP contribution is -2.12. The van der Waals surface area contributed by atoms with E-state index in [2.05, 4.69) is 5.32 Å². The Labute approximate surface area is 75.0 Å². The van der Waals surface area contributed by atoms with Crippen molar-refractivity contribution in [2.24, 2.45) is 0 Å². The summed E-state index contributed by atoms with van der Waals surface area (Å²) in [5.41, 5.74) is 2.07. The molecule has 2 N–H and O–H groups in total. The third-order valence-corrected chi connectivity index (χ3v) is 2.60. The molecule has 3 nitrogen and oxygen atoms in total. The highest BCUT2D eigenvalue weighted by molar-refractivity contribution is 7.10. The van der Waals surface area contributed by atoms with Gasteiger partial charge in [0.15, 0.2) is 0 Å². The number of hydrogen-bond donors (Lipinski definition) is 2. The molecule has 0 saturated heterocycles. The van der Waals surface area contributed by atoms with E-state index in [4.69, 9.17) is 5.11 Å². The minimum absolute atomic E-state index is 0.0155. The van der Waals surface area contributed by atoms with E-state index >= 15 is 0 Å². The summed E-state index contributed by atoms with van der Waals surface area (Å²) in [6.07, 6.45) is 0. The van der Waals surface area contributed by atoms with Crippen LogP contribution in [0.25, 0.3) is 0 Å². The molecule has 0 bridgehead atoms. The van der Waals surface area contributed by atoms with Crippen LogP contribution in [0.1, 0.15) is 10.4 Å². The second-order valence-electron chi connectivity index (χ2n) is 2.60. The van der Waals surface area contributed by atoms with Crippen LogP contribution in [0.4, 0.5) is 5.69 Å². The molecule has 0 aliphatic carbocycles. The van der Waals surface area contributed by atoms with Gasteiger partial charge in [0.05, 0.1) is 5.69 Å². The SMILES string of the molecule is Cc1csc(C)c1NCC(=O)O. The average Bonchev–Trinajstić information content (AvgIpc) is 2.28. The van der Waals surface area contributed by atoms with Gasteiger partial charge in [-0.2, -0.15) is 0 Å². The zero-order valence-electron chi connectivity index (χ0n) is 7.05. The van der Waals surface area contributed by atoms with Gasteiger partial charge in [-0.1, -0.05) is 0 Å². The van der Waals surface area contributed by atoms with Crippen molar-refractivity contribution in [1.82, 2.24) is 0 Å². The van der Waals surface area contributed by atoms with Gasteiger partial charge < -0.3 is 10.4 Å². The molecule has 1 heterocycles. The molecule has 12 heavy (non-hydrogen) atoms. The first-order valence-electron chi connectivity index (χ1n) is 3.61. The number of aryl methyl sites for hydroxylation is 2. The topological polar surface area (TPSA) is 49.3 Å². The zero-order valence-corrected chi connectivity index (χ0v) is 7.86. The third kappa shape index (κ3) is 1.98. The van der Waals surface area contributed by atoms with E-state index in [1.54, 1.807) is 11.3 Å². The van der Waals surface area contributed by atoms with Crippen LogP contribution in [0, 0.1) is 13.8 Å². The summed E-state index contributed by atoms with van der Waals surface area (Å²) in [6, 6.07) is 0. The van der Waals surface area contributed by atoms with E-state index < -0.39 is 5.97 Å². The minimum atomic E-state index is -0.833. The van der Waals surface area contributed by atoms with Gasteiger partial charge in [-0.3, -0.25) is 4.79 Å². The van der Waals surface area contributed by atoms with Crippen molar-refractivity contribution in [2.75, 3.05) is 11.9 Å². The maximum atomic E-state index is 10.3. The molecule has 1 aromatic heterocycles. The number of carboxylic acids is 1. The van der Waals surface area contributed by atoms with Crippen LogP contribution in [-0.2, 0) is 4.79 Å². The molecule has 0 saturated carbocycles. The van der Waals surface area contributed by atoms with E-state index in [0.717, 1.165) is 16.1 Å². The van der Waals surface area contributed by atoms with Crippen LogP contribution >= 0.6 is 11.3 Å². The summed E-state index contributed by atoms with van der Waals surface area (Å²) in [4.78, 5) is 11.4. The molecule has 0 unspecified atom stereocenters. The first kappa shape index (κ1) is 9.06. The lowest BCUT2D eigenvalue weighted by atomic mass is 10.3. The zero-order chi connectivity index (χ0) is 9.14. The first-order valence-corrected chi connectivity index (χ1v) is 4.49. The van der Waals surface area contributed by atoms with Gasteiger partial charge in [0.1, 0.15) is 6.54 Å². The summed E-state index contributed by atoms with van der Waals surface area (Å²) in [5.74, 6) is -0.833. The van der Waals surface area contributed by atoms with Crippen molar-refractivity contribution in [2.45, 2.75) is 13.8 Å². The van der Waals surface area contributed by atoms with Crippen molar-refractivity contribution in [1.29, 1.82) is 0 Å². The number of hydrogen-bond acceptors (Lipinski definition) is 3. The molecule has 66 valence electrons. The maximum absolute atomic E-state index is 10.3. The van der Waals surface area contributed by atoms with E-state index in [9.17, 15) is 4.79 Å². The Morgan fingerprint density at radius 1 is 1.67 bits per heavy atom. The fraction of sp³-hybridized carbons (Fsp3) is 0.375. The first-order chi connectivity index (χ1) is 5.61. The van der Waals surface area contributed by atoms with E-state index in [-0.39, 0.29) is 6.54 Å². The van der Waals surface area contributed by atoms with Gasteiger partial charge in [-0.05, 0) is 24.8 Å². The van der Waals surface area contributed by atoms with Gasteiger partial charge in [0, 0.05) is 4.88 Å². The molecule has 0 aromatic carbocycles. The molecule has 1 rings (SSSR count). The molecular formula is C8H11NO2S. The molecule has 0 aliphatic rings. The highest BCUT2D eigenvalue weighted by Crippen LogP contribution is 2.25. The monoisotopic (exact) mass is 185 g/mol. The van der Waals surface area contributed by atoms with Crippen LogP contribution < -0.4 is 5.32 Å². The summed E-state index contributed by atoms with van der Waals surface area (Å²) < 4.78 is 0. The Morgan fingerprint density at radius 2 is 2.33 bits per heavy atom. The van der Waals surface area contributed by atoms with E-state index in [0.29, 0.717) is 0 Å². The summed E-state index contributed by atoms with van der Waals surface area (Å²) >= 11 is 1.63. The fourth-order valence-electron chi connectivity index (χ4n) is 1.00. The number of aliphatic carboxylic acids is 1. The number of carbonyl (C=O) groups is 1. The van der Waals surface area contributed by atoms with Crippen LogP contribution in [0.3, 0.4) is 0 Å². The van der Waals surface area contributed by atoms with Gasteiger partial charge in [-0.25, -0.2) is 0 Å². The number of thiophene rings is 1. The van der Waals surface area contributed by atoms with Crippen LogP contribution in [-0.4, -0.2) is 17.6 Å². The predicted molar refractivity (Wildman–Crippen MR) is 49.9 cm³/mol. The lowest BCUT2D eigenvalue weighted by Gasteiger charge is -2.03. The van der Waals surface area contributed by atoms with Gasteiger partial charge in [0.25, 0.3) is 0 Å². The number of rotatable bonds is 3. The molecule has 0 fully saturated rings. The smallest absolute Gasteiger partial charge is 0.322 e. The Kier molecular flexibility index (Phi) is 2.70. The minimum Gasteiger partial charge on any atom is -0.480 e. The van der Waals surface area contributed by atoms with Crippen molar-refractivity contribution in [3.05, 3.63) is 15.8 Å². The molecule has 0 spiro atoms. The maximum Gasteiger partial charge on any atom is 0.322 e. The van der Waals surface area contributed by atoms with Crippen molar-refractivity contribution in [3.8, 4) is 0 Å². The molecule has 0 radical (unpaired) electrons. The highest BCUT2D eigenvalue weighted by Gasteiger charge is 2.05. The van der Waals surface area contributed by atoms with E-state index in [1.165, 1.54) is 0 Å². The lowest BCUT2D eigenvalue weighted by molar-refractivity contribution is -0.134. The summed E-state index contributed by atoms with van der Waals surface area (Å²) in [5, 5.41) is 13.3. The Hall–Kier alpha value is -1.03. The Balaban J connectivity index is 2.68.